The first kappa shape index (κ1) is 17.1. The number of hydrogen-bond acceptors (Lipinski definition) is 3. The summed E-state index contributed by atoms with van der Waals surface area (Å²) in [7, 11) is 0. The van der Waals surface area contributed by atoms with Gasteiger partial charge in [0.2, 0.25) is 0 Å². The third kappa shape index (κ3) is 3.48. The smallest absolute Gasteiger partial charge is 0.122 e. The molecule has 0 N–H and O–H groups in total. The van der Waals surface area contributed by atoms with Gasteiger partial charge in [-0.2, -0.15) is 5.10 Å². The van der Waals surface area contributed by atoms with Crippen molar-refractivity contribution >= 4 is 28.9 Å². The van der Waals surface area contributed by atoms with Crippen molar-refractivity contribution in [2.75, 3.05) is 0 Å². The quantitative estimate of drug-likeness (QED) is 0.410. The Kier molecular flexibility index (Phi) is 4.70. The van der Waals surface area contributed by atoms with Gasteiger partial charge in [0.05, 0.1) is 11.2 Å². The number of thioether (sulfide) groups is 1. The molecule has 0 saturated carbocycles. The van der Waals surface area contributed by atoms with Gasteiger partial charge in [-0.15, -0.1) is 0 Å². The Labute approximate surface area is 162 Å². The predicted molar refractivity (Wildman–Crippen MR) is 109 cm³/mol. The lowest BCUT2D eigenvalue weighted by Gasteiger charge is -2.03. The summed E-state index contributed by atoms with van der Waals surface area (Å²) in [5.74, 6) is 0.817. The van der Waals surface area contributed by atoms with E-state index in [-0.39, 0.29) is 0 Å². The Morgan fingerprint density at radius 2 is 1.96 bits per heavy atom. The lowest BCUT2D eigenvalue weighted by molar-refractivity contribution is 0.920. The summed E-state index contributed by atoms with van der Waals surface area (Å²) >= 11 is 7.78. The average molecular weight is 380 g/mol. The van der Waals surface area contributed by atoms with Crippen molar-refractivity contribution in [2.45, 2.75) is 24.6 Å². The second-order valence-corrected chi connectivity index (χ2v) is 7.73. The lowest BCUT2D eigenvalue weighted by Crippen LogP contribution is -1.92. The van der Waals surface area contributed by atoms with Gasteiger partial charge in [-0.05, 0) is 43.2 Å². The fourth-order valence-electron chi connectivity index (χ4n) is 3.02. The van der Waals surface area contributed by atoms with Crippen molar-refractivity contribution in [3.63, 3.8) is 0 Å². The molecule has 2 heterocycles. The van der Waals surface area contributed by atoms with Gasteiger partial charge in [-0.25, -0.2) is 9.50 Å². The summed E-state index contributed by atoms with van der Waals surface area (Å²) < 4.78 is 1.90. The molecule has 0 radical (unpaired) electrons. The van der Waals surface area contributed by atoms with Crippen LogP contribution in [0.25, 0.3) is 16.8 Å². The third-order valence-electron chi connectivity index (χ3n) is 4.28. The molecule has 0 unspecified atom stereocenters. The number of halogens is 1. The largest absolute Gasteiger partial charge is 0.246 e. The first-order chi connectivity index (χ1) is 12.6. The van der Waals surface area contributed by atoms with E-state index in [2.05, 4.69) is 49.2 Å². The number of benzene rings is 2. The third-order valence-corrected chi connectivity index (χ3v) is 5.58. The average Bonchev–Trinajstić information content (AvgIpc) is 3.04. The molecular weight excluding hydrogens is 362 g/mol. The van der Waals surface area contributed by atoms with Crippen molar-refractivity contribution in [3.8, 4) is 11.3 Å². The van der Waals surface area contributed by atoms with Crippen molar-refractivity contribution in [1.29, 1.82) is 0 Å². The SMILES string of the molecule is Cc1ccc(-c2cc3c(SCc4cccc(Cl)c4)nccn3n2)c(C)c1. The molecule has 26 heavy (non-hydrogen) atoms. The minimum absolute atomic E-state index is 0.760. The van der Waals surface area contributed by atoms with E-state index in [1.165, 1.54) is 16.7 Å². The highest BCUT2D eigenvalue weighted by Crippen LogP contribution is 2.30. The molecule has 130 valence electrons. The first-order valence-corrected chi connectivity index (χ1v) is 9.76. The Morgan fingerprint density at radius 3 is 2.77 bits per heavy atom. The van der Waals surface area contributed by atoms with E-state index in [0.29, 0.717) is 0 Å². The molecule has 4 aromatic rings. The summed E-state index contributed by atoms with van der Waals surface area (Å²) in [5.41, 5.74) is 6.82. The van der Waals surface area contributed by atoms with Crippen LogP contribution in [0.1, 0.15) is 16.7 Å². The van der Waals surface area contributed by atoms with Gasteiger partial charge in [0.15, 0.2) is 0 Å². The molecule has 0 aliphatic rings. The molecule has 0 saturated heterocycles. The van der Waals surface area contributed by atoms with Crippen LogP contribution in [-0.4, -0.2) is 14.6 Å². The van der Waals surface area contributed by atoms with Crippen LogP contribution in [0.2, 0.25) is 5.02 Å². The van der Waals surface area contributed by atoms with Gasteiger partial charge in [-0.3, -0.25) is 0 Å². The van der Waals surface area contributed by atoms with Gasteiger partial charge in [0.25, 0.3) is 0 Å². The highest BCUT2D eigenvalue weighted by atomic mass is 35.5. The van der Waals surface area contributed by atoms with Crippen LogP contribution in [0.4, 0.5) is 0 Å². The fourth-order valence-corrected chi connectivity index (χ4v) is 4.15. The number of aromatic nitrogens is 3. The summed E-state index contributed by atoms with van der Waals surface area (Å²) in [6.07, 6.45) is 3.69. The molecule has 0 atom stereocenters. The van der Waals surface area contributed by atoms with Crippen LogP contribution in [-0.2, 0) is 5.75 Å². The Balaban J connectivity index is 1.67. The number of rotatable bonds is 4. The second-order valence-electron chi connectivity index (χ2n) is 6.33. The summed E-state index contributed by atoms with van der Waals surface area (Å²) in [6.45, 7) is 4.23. The highest BCUT2D eigenvalue weighted by molar-refractivity contribution is 7.98. The van der Waals surface area contributed by atoms with Crippen molar-refractivity contribution in [3.05, 3.63) is 82.6 Å². The van der Waals surface area contributed by atoms with Crippen LogP contribution in [0.5, 0.6) is 0 Å². The van der Waals surface area contributed by atoms with Gasteiger partial charge in [0.1, 0.15) is 5.03 Å². The number of aryl methyl sites for hydroxylation is 2. The van der Waals surface area contributed by atoms with E-state index in [1.54, 1.807) is 18.0 Å². The van der Waals surface area contributed by atoms with Crippen LogP contribution in [0.15, 0.2) is 66.0 Å². The highest BCUT2D eigenvalue weighted by Gasteiger charge is 2.11. The van der Waals surface area contributed by atoms with Crippen molar-refractivity contribution < 1.29 is 0 Å². The lowest BCUT2D eigenvalue weighted by atomic mass is 10.0. The number of hydrogen-bond donors (Lipinski definition) is 0. The summed E-state index contributed by atoms with van der Waals surface area (Å²) in [4.78, 5) is 4.56. The standard InChI is InChI=1S/C21H18ClN3S/c1-14-6-7-18(15(2)10-14)19-12-20-21(23-8-9-25(20)24-19)26-13-16-4-3-5-17(22)11-16/h3-12H,13H2,1-2H3. The van der Waals surface area contributed by atoms with Crippen molar-refractivity contribution in [1.82, 2.24) is 14.6 Å². The van der Waals surface area contributed by atoms with E-state index in [9.17, 15) is 0 Å². The topological polar surface area (TPSA) is 30.2 Å². The molecule has 0 spiro atoms. The van der Waals surface area contributed by atoms with E-state index < -0.39 is 0 Å². The normalized spacial score (nSPS) is 11.2. The van der Waals surface area contributed by atoms with Gasteiger partial charge < -0.3 is 0 Å². The number of fused-ring (bicyclic) bond motifs is 1. The monoisotopic (exact) mass is 379 g/mol. The van der Waals surface area contributed by atoms with E-state index >= 15 is 0 Å². The van der Waals surface area contributed by atoms with Gasteiger partial charge in [-0.1, -0.05) is 59.3 Å². The van der Waals surface area contributed by atoms with Crippen molar-refractivity contribution in [2.24, 2.45) is 0 Å². The maximum absolute atomic E-state index is 6.08. The zero-order valence-electron chi connectivity index (χ0n) is 14.6. The van der Waals surface area contributed by atoms with Crippen LogP contribution < -0.4 is 0 Å². The molecule has 5 heteroatoms. The molecule has 2 aromatic heterocycles. The fraction of sp³-hybridized carbons (Fsp3) is 0.143. The van der Waals surface area contributed by atoms with Gasteiger partial charge >= 0.3 is 0 Å². The van der Waals surface area contributed by atoms with E-state index in [4.69, 9.17) is 16.7 Å². The van der Waals surface area contributed by atoms with E-state index in [1.807, 2.05) is 28.9 Å². The van der Waals surface area contributed by atoms with Crippen LogP contribution >= 0.6 is 23.4 Å². The zero-order chi connectivity index (χ0) is 18.1. The minimum Gasteiger partial charge on any atom is -0.246 e. The summed E-state index contributed by atoms with van der Waals surface area (Å²) in [6, 6.07) is 16.5. The van der Waals surface area contributed by atoms with Crippen LogP contribution in [0.3, 0.4) is 0 Å². The van der Waals surface area contributed by atoms with Gasteiger partial charge in [0, 0.05) is 28.7 Å². The molecule has 0 bridgehead atoms. The maximum atomic E-state index is 6.08. The molecule has 0 fully saturated rings. The second kappa shape index (κ2) is 7.14. The molecule has 0 aliphatic heterocycles. The minimum atomic E-state index is 0.760. The molecule has 3 nitrogen and oxygen atoms in total. The Hall–Kier alpha value is -2.30. The molecule has 0 aliphatic carbocycles. The Morgan fingerprint density at radius 1 is 1.08 bits per heavy atom. The molecular formula is C21H18ClN3S. The molecule has 4 rings (SSSR count). The van der Waals surface area contributed by atoms with Crippen LogP contribution in [0, 0.1) is 13.8 Å². The molecule has 0 amide bonds. The maximum Gasteiger partial charge on any atom is 0.122 e. The predicted octanol–water partition coefficient (Wildman–Crippen LogP) is 5.96. The van der Waals surface area contributed by atoms with E-state index in [0.717, 1.165) is 32.6 Å². The molecule has 2 aromatic carbocycles. The summed E-state index contributed by atoms with van der Waals surface area (Å²) in [5, 5.41) is 6.47. The zero-order valence-corrected chi connectivity index (χ0v) is 16.2. The first-order valence-electron chi connectivity index (χ1n) is 8.39. The Bertz CT molecular complexity index is 1090. The number of nitrogens with zero attached hydrogens (tertiary/aromatic N) is 3.